The van der Waals surface area contributed by atoms with Crippen LogP contribution in [0.5, 0.6) is 5.75 Å². The van der Waals surface area contributed by atoms with Crippen LogP contribution in [-0.2, 0) is 9.53 Å². The molecular weight excluding hydrogens is 368 g/mol. The summed E-state index contributed by atoms with van der Waals surface area (Å²) in [4.78, 5) is 35.0. The molecule has 0 aliphatic heterocycles. The molecule has 0 unspecified atom stereocenters. The van der Waals surface area contributed by atoms with Crippen LogP contribution in [0.4, 0.5) is 4.79 Å². The van der Waals surface area contributed by atoms with Gasteiger partial charge in [-0.15, -0.1) is 0 Å². The first kappa shape index (κ1) is 19.0. The van der Waals surface area contributed by atoms with E-state index in [0.29, 0.717) is 10.2 Å². The number of carbonyl (C=O) groups is 3. The number of hydrogen-bond donors (Lipinski definition) is 2. The van der Waals surface area contributed by atoms with E-state index in [2.05, 4.69) is 26.6 Å². The van der Waals surface area contributed by atoms with Crippen molar-refractivity contribution < 1.29 is 23.9 Å². The minimum absolute atomic E-state index is 0.0573. The molecular formula is C15H19BrN2O5. The maximum atomic E-state index is 12.0. The molecule has 0 aliphatic rings. The van der Waals surface area contributed by atoms with Crippen LogP contribution in [0.3, 0.4) is 0 Å². The average Bonchev–Trinajstić information content (AvgIpc) is 2.52. The molecule has 8 heteroatoms. The Morgan fingerprint density at radius 2 is 2.00 bits per heavy atom. The number of methoxy groups -OCH3 is 1. The highest BCUT2D eigenvalue weighted by atomic mass is 79.9. The summed E-state index contributed by atoms with van der Waals surface area (Å²) < 4.78 is 10.4. The van der Waals surface area contributed by atoms with E-state index in [4.69, 9.17) is 9.47 Å². The highest BCUT2D eigenvalue weighted by molar-refractivity contribution is 9.10. The van der Waals surface area contributed by atoms with Gasteiger partial charge in [-0.3, -0.25) is 10.1 Å². The topological polar surface area (TPSA) is 93.7 Å². The lowest BCUT2D eigenvalue weighted by atomic mass is 10.2. The normalized spacial score (nSPS) is 11.3. The number of benzene rings is 1. The molecule has 7 nitrogen and oxygen atoms in total. The molecule has 1 aromatic carbocycles. The number of ether oxygens (including phenoxy) is 2. The molecule has 3 amide bonds. The van der Waals surface area contributed by atoms with Crippen molar-refractivity contribution >= 4 is 33.8 Å². The van der Waals surface area contributed by atoms with E-state index in [-0.39, 0.29) is 11.6 Å². The fraction of sp³-hybridized carbons (Fsp3) is 0.400. The molecule has 126 valence electrons. The lowest BCUT2D eigenvalue weighted by molar-refractivity contribution is -0.123. The van der Waals surface area contributed by atoms with Gasteiger partial charge in [0, 0.05) is 10.5 Å². The van der Waals surface area contributed by atoms with E-state index in [1.165, 1.54) is 13.2 Å². The maximum absolute atomic E-state index is 12.0. The number of nitrogens with one attached hydrogen (secondary N) is 2. The Kier molecular flexibility index (Phi) is 7.53. The molecule has 0 aromatic heterocycles. The molecule has 0 saturated heterocycles. The predicted octanol–water partition coefficient (Wildman–Crippen LogP) is 2.24. The molecule has 0 heterocycles. The van der Waals surface area contributed by atoms with Gasteiger partial charge >= 0.3 is 12.0 Å². The van der Waals surface area contributed by atoms with Gasteiger partial charge in [-0.25, -0.2) is 9.59 Å². The number of amides is 3. The fourth-order valence-electron chi connectivity index (χ4n) is 1.52. The molecule has 23 heavy (non-hydrogen) atoms. The van der Waals surface area contributed by atoms with Crippen molar-refractivity contribution in [1.29, 1.82) is 0 Å². The second-order valence-corrected chi connectivity index (χ2v) is 5.61. The van der Waals surface area contributed by atoms with Gasteiger partial charge in [-0.2, -0.15) is 0 Å². The number of halogens is 1. The summed E-state index contributed by atoms with van der Waals surface area (Å²) in [6.45, 7) is 3.15. The molecule has 0 aliphatic carbocycles. The zero-order valence-corrected chi connectivity index (χ0v) is 14.7. The summed E-state index contributed by atoms with van der Waals surface area (Å²) in [6, 6.07) is 4.11. The third-order valence-corrected chi connectivity index (χ3v) is 3.66. The smallest absolute Gasteiger partial charge is 0.339 e. The van der Waals surface area contributed by atoms with E-state index in [1.807, 2.05) is 13.8 Å². The monoisotopic (exact) mass is 386 g/mol. The molecule has 2 N–H and O–H groups in total. The van der Waals surface area contributed by atoms with Crippen LogP contribution in [0, 0.1) is 0 Å². The molecule has 0 fully saturated rings. The van der Waals surface area contributed by atoms with Crippen molar-refractivity contribution in [2.45, 2.75) is 26.3 Å². The quantitative estimate of drug-likeness (QED) is 0.731. The van der Waals surface area contributed by atoms with E-state index >= 15 is 0 Å². The van der Waals surface area contributed by atoms with Gasteiger partial charge in [0.05, 0.1) is 12.7 Å². The van der Waals surface area contributed by atoms with Crippen molar-refractivity contribution in [1.82, 2.24) is 10.6 Å². The summed E-state index contributed by atoms with van der Waals surface area (Å²) in [6.07, 6.45) is 0.737. The van der Waals surface area contributed by atoms with E-state index in [1.54, 1.807) is 12.1 Å². The van der Waals surface area contributed by atoms with E-state index in [9.17, 15) is 14.4 Å². The third-order valence-electron chi connectivity index (χ3n) is 2.97. The van der Waals surface area contributed by atoms with Crippen LogP contribution in [0.15, 0.2) is 22.7 Å². The summed E-state index contributed by atoms with van der Waals surface area (Å²) in [7, 11) is 1.47. The largest absolute Gasteiger partial charge is 0.497 e. The molecule has 1 atom stereocenters. The SMILES string of the molecule is CC[C@@H](C)NC(=O)NC(=O)COC(=O)c1cc(OC)ccc1Br. The van der Waals surface area contributed by atoms with Crippen molar-refractivity contribution in [2.24, 2.45) is 0 Å². The zero-order valence-electron chi connectivity index (χ0n) is 13.1. The Balaban J connectivity index is 2.53. The predicted molar refractivity (Wildman–Crippen MR) is 87.4 cm³/mol. The van der Waals surface area contributed by atoms with Crippen LogP contribution in [-0.4, -0.2) is 37.7 Å². The van der Waals surface area contributed by atoms with E-state index < -0.39 is 24.5 Å². The average molecular weight is 387 g/mol. The standard InChI is InChI=1S/C15H19BrN2O5/c1-4-9(2)17-15(21)18-13(19)8-23-14(20)11-7-10(22-3)5-6-12(11)16/h5-7,9H,4,8H2,1-3H3,(H2,17,18,19,21)/t9-/m1/s1. The summed E-state index contributed by atoms with van der Waals surface area (Å²) in [5, 5.41) is 4.66. The molecule has 0 radical (unpaired) electrons. The van der Waals surface area contributed by atoms with Crippen molar-refractivity contribution in [3.05, 3.63) is 28.2 Å². The van der Waals surface area contributed by atoms with Crippen LogP contribution in [0.1, 0.15) is 30.6 Å². The summed E-state index contributed by atoms with van der Waals surface area (Å²) in [5.74, 6) is -0.927. The van der Waals surface area contributed by atoms with Crippen molar-refractivity contribution in [3.63, 3.8) is 0 Å². The van der Waals surface area contributed by atoms with Crippen LogP contribution < -0.4 is 15.4 Å². The Hall–Kier alpha value is -2.09. The minimum atomic E-state index is -0.710. The summed E-state index contributed by atoms with van der Waals surface area (Å²) >= 11 is 3.22. The fourth-order valence-corrected chi connectivity index (χ4v) is 1.93. The number of rotatable bonds is 6. The van der Waals surface area contributed by atoms with Gasteiger partial charge in [0.2, 0.25) is 0 Å². The first-order valence-electron chi connectivity index (χ1n) is 6.98. The first-order chi connectivity index (χ1) is 10.9. The Morgan fingerprint density at radius 1 is 1.30 bits per heavy atom. The minimum Gasteiger partial charge on any atom is -0.497 e. The molecule has 0 saturated carbocycles. The third kappa shape index (κ3) is 6.27. The Bertz CT molecular complexity index is 591. The van der Waals surface area contributed by atoms with Gasteiger partial charge in [-0.1, -0.05) is 6.92 Å². The molecule has 1 aromatic rings. The molecule has 0 spiro atoms. The van der Waals surface area contributed by atoms with Crippen LogP contribution >= 0.6 is 15.9 Å². The highest BCUT2D eigenvalue weighted by Crippen LogP contribution is 2.23. The first-order valence-corrected chi connectivity index (χ1v) is 7.77. The lowest BCUT2D eigenvalue weighted by Gasteiger charge is -2.12. The number of imide groups is 1. The van der Waals surface area contributed by atoms with Gasteiger partial charge in [-0.05, 0) is 47.5 Å². The van der Waals surface area contributed by atoms with Gasteiger partial charge in [0.15, 0.2) is 6.61 Å². The van der Waals surface area contributed by atoms with Crippen molar-refractivity contribution in [2.75, 3.05) is 13.7 Å². The van der Waals surface area contributed by atoms with Crippen LogP contribution in [0.25, 0.3) is 0 Å². The second-order valence-electron chi connectivity index (χ2n) is 4.75. The summed E-state index contributed by atoms with van der Waals surface area (Å²) in [5.41, 5.74) is 0.223. The Morgan fingerprint density at radius 3 is 2.61 bits per heavy atom. The van der Waals surface area contributed by atoms with Gasteiger partial charge in [0.1, 0.15) is 5.75 Å². The van der Waals surface area contributed by atoms with E-state index in [0.717, 1.165) is 6.42 Å². The highest BCUT2D eigenvalue weighted by Gasteiger charge is 2.16. The number of urea groups is 1. The van der Waals surface area contributed by atoms with Gasteiger partial charge < -0.3 is 14.8 Å². The molecule has 0 bridgehead atoms. The maximum Gasteiger partial charge on any atom is 0.339 e. The Labute approximate surface area is 142 Å². The second kappa shape index (κ2) is 9.14. The lowest BCUT2D eigenvalue weighted by Crippen LogP contribution is -2.44. The number of hydrogen-bond acceptors (Lipinski definition) is 5. The van der Waals surface area contributed by atoms with Gasteiger partial charge in [0.25, 0.3) is 5.91 Å². The molecule has 1 rings (SSSR count). The zero-order chi connectivity index (χ0) is 17.4. The number of esters is 1. The van der Waals surface area contributed by atoms with Crippen LogP contribution in [0.2, 0.25) is 0 Å². The van der Waals surface area contributed by atoms with Crippen molar-refractivity contribution in [3.8, 4) is 5.75 Å². The number of carbonyl (C=O) groups excluding carboxylic acids is 3.